The smallest absolute Gasteiger partial charge is 0.243 e. The first-order valence-electron chi connectivity index (χ1n) is 8.50. The van der Waals surface area contributed by atoms with E-state index < -0.39 is 10.0 Å². The molecular formula is C19H20N2O4S. The zero-order valence-electron chi connectivity index (χ0n) is 14.7. The Morgan fingerprint density at radius 3 is 2.69 bits per heavy atom. The van der Waals surface area contributed by atoms with E-state index >= 15 is 0 Å². The van der Waals surface area contributed by atoms with Crippen LogP contribution in [0.15, 0.2) is 47.4 Å². The van der Waals surface area contributed by atoms with E-state index in [1.54, 1.807) is 30.1 Å². The molecular weight excluding hydrogens is 352 g/mol. The Morgan fingerprint density at radius 1 is 1.12 bits per heavy atom. The van der Waals surface area contributed by atoms with Crippen LogP contribution < -0.4 is 9.64 Å². The number of carbonyl (C=O) groups excluding carboxylic acids is 1. The minimum absolute atomic E-state index is 0.0275. The first kappa shape index (κ1) is 17.1. The third-order valence-corrected chi connectivity index (χ3v) is 6.68. The van der Waals surface area contributed by atoms with Crippen molar-refractivity contribution in [1.29, 1.82) is 0 Å². The molecule has 0 saturated heterocycles. The van der Waals surface area contributed by atoms with E-state index in [2.05, 4.69) is 0 Å². The van der Waals surface area contributed by atoms with E-state index in [4.69, 9.17) is 4.74 Å². The molecule has 1 amide bonds. The number of ether oxygens (including phenoxy) is 1. The van der Waals surface area contributed by atoms with Crippen molar-refractivity contribution >= 4 is 21.6 Å². The summed E-state index contributed by atoms with van der Waals surface area (Å²) in [6.07, 6.45) is -0.0204. The molecule has 6 nitrogen and oxygen atoms in total. The maximum atomic E-state index is 13.2. The highest BCUT2D eigenvalue weighted by Gasteiger charge is 2.32. The zero-order valence-corrected chi connectivity index (χ0v) is 15.5. The number of benzene rings is 2. The van der Waals surface area contributed by atoms with Gasteiger partial charge in [0.05, 0.1) is 17.9 Å². The lowest BCUT2D eigenvalue weighted by atomic mass is 10.2. The maximum Gasteiger partial charge on any atom is 0.243 e. The van der Waals surface area contributed by atoms with Crippen LogP contribution in [0.3, 0.4) is 0 Å². The van der Waals surface area contributed by atoms with Crippen molar-refractivity contribution in [3.8, 4) is 5.75 Å². The van der Waals surface area contributed by atoms with Crippen molar-refractivity contribution < 1.29 is 17.9 Å². The van der Waals surface area contributed by atoms with Gasteiger partial charge in [0.1, 0.15) is 11.9 Å². The summed E-state index contributed by atoms with van der Waals surface area (Å²) in [5.74, 6) is 0.694. The topological polar surface area (TPSA) is 66.9 Å². The normalized spacial score (nSPS) is 20.3. The Hall–Kier alpha value is -2.38. The summed E-state index contributed by atoms with van der Waals surface area (Å²) in [6.45, 7) is 2.40. The number of rotatable bonds is 2. The van der Waals surface area contributed by atoms with Crippen LogP contribution in [0.5, 0.6) is 5.75 Å². The van der Waals surface area contributed by atoms with Crippen LogP contribution >= 0.6 is 0 Å². The summed E-state index contributed by atoms with van der Waals surface area (Å²) in [4.78, 5) is 13.6. The second-order valence-electron chi connectivity index (χ2n) is 6.75. The quantitative estimate of drug-likeness (QED) is 0.810. The number of nitrogens with zero attached hydrogens (tertiary/aromatic N) is 2. The molecule has 2 aromatic carbocycles. The van der Waals surface area contributed by atoms with Crippen molar-refractivity contribution in [2.45, 2.75) is 30.9 Å². The fourth-order valence-corrected chi connectivity index (χ4v) is 5.03. The number of hydrogen-bond acceptors (Lipinski definition) is 4. The van der Waals surface area contributed by atoms with Gasteiger partial charge in [-0.05, 0) is 36.8 Å². The SMILES string of the molecule is CC1CN(S(=O)(=O)c2ccc3c(c2)CC(=O)N3C)Cc2ccccc2O1. The van der Waals surface area contributed by atoms with Gasteiger partial charge in [-0.3, -0.25) is 4.79 Å². The lowest BCUT2D eigenvalue weighted by Crippen LogP contribution is -2.36. The van der Waals surface area contributed by atoms with Gasteiger partial charge in [0.2, 0.25) is 15.9 Å². The van der Waals surface area contributed by atoms with Crippen molar-refractivity contribution in [2.24, 2.45) is 0 Å². The average Bonchev–Trinajstić information content (AvgIpc) is 2.78. The van der Waals surface area contributed by atoms with E-state index in [1.807, 2.05) is 31.2 Å². The molecule has 0 N–H and O–H groups in total. The highest BCUT2D eigenvalue weighted by atomic mass is 32.2. The average molecular weight is 372 g/mol. The Bertz CT molecular complexity index is 987. The molecule has 136 valence electrons. The first-order valence-corrected chi connectivity index (χ1v) is 9.94. The molecule has 0 spiro atoms. The van der Waals surface area contributed by atoms with Crippen molar-refractivity contribution in [2.75, 3.05) is 18.5 Å². The molecule has 0 aromatic heterocycles. The Morgan fingerprint density at radius 2 is 1.88 bits per heavy atom. The molecule has 0 radical (unpaired) electrons. The number of anilines is 1. The van der Waals surface area contributed by atoms with Crippen LogP contribution in [0.2, 0.25) is 0 Å². The first-order chi connectivity index (χ1) is 12.4. The summed E-state index contributed by atoms with van der Waals surface area (Å²) in [5.41, 5.74) is 2.36. The van der Waals surface area contributed by atoms with Crippen LogP contribution in [0, 0.1) is 0 Å². The van der Waals surface area contributed by atoms with Gasteiger partial charge in [-0.1, -0.05) is 18.2 Å². The van der Waals surface area contributed by atoms with Crippen LogP contribution in [0.4, 0.5) is 5.69 Å². The fourth-order valence-electron chi connectivity index (χ4n) is 3.48. The van der Waals surface area contributed by atoms with E-state index in [9.17, 15) is 13.2 Å². The molecule has 26 heavy (non-hydrogen) atoms. The van der Waals surface area contributed by atoms with Gasteiger partial charge in [0.25, 0.3) is 0 Å². The predicted molar refractivity (Wildman–Crippen MR) is 97.7 cm³/mol. The minimum Gasteiger partial charge on any atom is -0.489 e. The molecule has 1 unspecified atom stereocenters. The van der Waals surface area contributed by atoms with E-state index in [0.717, 1.165) is 22.6 Å². The molecule has 4 rings (SSSR count). The van der Waals surface area contributed by atoms with Gasteiger partial charge in [0, 0.05) is 24.8 Å². The van der Waals surface area contributed by atoms with E-state index in [-0.39, 0.29) is 36.4 Å². The molecule has 0 saturated carbocycles. The molecule has 2 aliphatic heterocycles. The molecule has 0 bridgehead atoms. The Kier molecular flexibility index (Phi) is 4.00. The van der Waals surface area contributed by atoms with Crippen LogP contribution in [0.1, 0.15) is 18.1 Å². The van der Waals surface area contributed by atoms with Crippen molar-refractivity contribution in [1.82, 2.24) is 4.31 Å². The third-order valence-electron chi connectivity index (χ3n) is 4.87. The van der Waals surface area contributed by atoms with Gasteiger partial charge in [-0.15, -0.1) is 0 Å². The molecule has 2 aromatic rings. The zero-order chi connectivity index (χ0) is 18.5. The number of carbonyl (C=O) groups is 1. The molecule has 0 aliphatic carbocycles. The van der Waals surface area contributed by atoms with Crippen LogP contribution in [0.25, 0.3) is 0 Å². The monoisotopic (exact) mass is 372 g/mol. The second kappa shape index (κ2) is 6.10. The number of amides is 1. The summed E-state index contributed by atoms with van der Waals surface area (Å²) < 4.78 is 33.8. The van der Waals surface area contributed by atoms with Gasteiger partial charge in [-0.2, -0.15) is 4.31 Å². The number of sulfonamides is 1. The lowest BCUT2D eigenvalue weighted by molar-refractivity contribution is -0.117. The molecule has 1 atom stereocenters. The van der Waals surface area contributed by atoms with Crippen molar-refractivity contribution in [3.05, 3.63) is 53.6 Å². The molecule has 0 fully saturated rings. The van der Waals surface area contributed by atoms with E-state index in [0.29, 0.717) is 0 Å². The molecule has 2 aliphatic rings. The lowest BCUT2D eigenvalue weighted by Gasteiger charge is -2.22. The summed E-state index contributed by atoms with van der Waals surface area (Å²) in [6, 6.07) is 12.4. The third kappa shape index (κ3) is 2.77. The van der Waals surface area contributed by atoms with E-state index in [1.165, 1.54) is 4.31 Å². The fraction of sp³-hybridized carbons (Fsp3) is 0.316. The number of hydrogen-bond donors (Lipinski definition) is 0. The summed E-state index contributed by atoms with van der Waals surface area (Å²) >= 11 is 0. The maximum absolute atomic E-state index is 13.2. The van der Waals surface area contributed by atoms with Crippen molar-refractivity contribution in [3.63, 3.8) is 0 Å². The van der Waals surface area contributed by atoms with Gasteiger partial charge >= 0.3 is 0 Å². The molecule has 2 heterocycles. The Balaban J connectivity index is 1.71. The highest BCUT2D eigenvalue weighted by Crippen LogP contribution is 2.32. The number of likely N-dealkylation sites (N-methyl/N-ethyl adjacent to an activating group) is 1. The van der Waals surface area contributed by atoms with Crippen LogP contribution in [-0.2, 0) is 27.8 Å². The summed E-state index contributed by atoms with van der Waals surface area (Å²) in [5, 5.41) is 0. The largest absolute Gasteiger partial charge is 0.489 e. The number of para-hydroxylation sites is 1. The number of fused-ring (bicyclic) bond motifs is 2. The van der Waals surface area contributed by atoms with Gasteiger partial charge in [-0.25, -0.2) is 8.42 Å². The molecule has 7 heteroatoms. The van der Waals surface area contributed by atoms with Gasteiger partial charge in [0.15, 0.2) is 0 Å². The van der Waals surface area contributed by atoms with Crippen LogP contribution in [-0.4, -0.2) is 38.3 Å². The minimum atomic E-state index is -3.69. The Labute approximate surface area is 153 Å². The second-order valence-corrected chi connectivity index (χ2v) is 8.69. The van der Waals surface area contributed by atoms with Gasteiger partial charge < -0.3 is 9.64 Å². The predicted octanol–water partition coefficient (Wildman–Crippen LogP) is 2.18. The standard InChI is InChI=1S/C19H20N2O4S/c1-13-11-21(12-14-5-3-4-6-18(14)25-13)26(23,24)16-7-8-17-15(9-16)10-19(22)20(17)2/h3-9,13H,10-12H2,1-2H3. The highest BCUT2D eigenvalue weighted by molar-refractivity contribution is 7.89. The summed E-state index contributed by atoms with van der Waals surface area (Å²) in [7, 11) is -1.99.